The standard InChI is InChI=1S/C28H34F2N4O2/c1-18-8-10-31-19(2)25(18)27(36)34-16-22-14-33(15-23(22)17-34)11-9-24(20-6-4-3-5-7-20)32-26(35)21-12-28(29,30)13-21/h3-8,10,21-24H,9,11-17H2,1-2H3,(H,32,35)/t22?,23?,24-/m0/s1. The van der Waals surface area contributed by atoms with Gasteiger partial charge in [-0.1, -0.05) is 30.3 Å². The summed E-state index contributed by atoms with van der Waals surface area (Å²) < 4.78 is 26.5. The monoisotopic (exact) mass is 496 g/mol. The first-order valence-electron chi connectivity index (χ1n) is 12.9. The number of fused-ring (bicyclic) bond motifs is 1. The minimum absolute atomic E-state index is 0.0764. The van der Waals surface area contributed by atoms with Gasteiger partial charge in [0.1, 0.15) is 0 Å². The van der Waals surface area contributed by atoms with Crippen LogP contribution in [-0.4, -0.2) is 65.2 Å². The topological polar surface area (TPSA) is 65.5 Å². The van der Waals surface area contributed by atoms with Crippen molar-refractivity contribution in [2.75, 3.05) is 32.7 Å². The summed E-state index contributed by atoms with van der Waals surface area (Å²) in [6, 6.07) is 11.4. The lowest BCUT2D eigenvalue weighted by Crippen LogP contribution is -2.46. The molecule has 6 nitrogen and oxygen atoms in total. The number of alkyl halides is 2. The van der Waals surface area contributed by atoms with Crippen LogP contribution in [0.1, 0.15) is 52.5 Å². The number of likely N-dealkylation sites (tertiary alicyclic amines) is 2. The number of amides is 2. The third-order valence-corrected chi connectivity index (χ3v) is 8.13. The number of carbonyl (C=O) groups excluding carboxylic acids is 2. The summed E-state index contributed by atoms with van der Waals surface area (Å²) in [6.45, 7) is 8.00. The van der Waals surface area contributed by atoms with E-state index in [0.717, 1.165) is 61.5 Å². The van der Waals surface area contributed by atoms with Gasteiger partial charge in [0.25, 0.3) is 5.91 Å². The van der Waals surface area contributed by atoms with Crippen molar-refractivity contribution in [3.05, 3.63) is 65.0 Å². The van der Waals surface area contributed by atoms with Crippen LogP contribution in [0.2, 0.25) is 0 Å². The summed E-state index contributed by atoms with van der Waals surface area (Å²) in [4.78, 5) is 34.5. The van der Waals surface area contributed by atoms with Crippen molar-refractivity contribution in [1.82, 2.24) is 20.1 Å². The molecule has 2 aliphatic heterocycles. The van der Waals surface area contributed by atoms with Crippen LogP contribution in [-0.2, 0) is 4.79 Å². The van der Waals surface area contributed by atoms with E-state index in [-0.39, 0.29) is 30.7 Å². The molecule has 1 N–H and O–H groups in total. The molecule has 0 bridgehead atoms. The number of carbonyl (C=O) groups is 2. The van der Waals surface area contributed by atoms with Gasteiger partial charge in [0, 0.05) is 57.7 Å². The number of rotatable bonds is 7. The van der Waals surface area contributed by atoms with Crippen LogP contribution in [0, 0.1) is 31.6 Å². The van der Waals surface area contributed by atoms with Crippen LogP contribution in [0.15, 0.2) is 42.6 Å². The minimum Gasteiger partial charge on any atom is -0.349 e. The lowest BCUT2D eigenvalue weighted by Gasteiger charge is -2.35. The maximum atomic E-state index is 13.3. The highest BCUT2D eigenvalue weighted by atomic mass is 19.3. The SMILES string of the molecule is Cc1ccnc(C)c1C(=O)N1CC2CN(CC[C@H](NC(=O)C3CC(F)(F)C3)c3ccccc3)CC2C1. The van der Waals surface area contributed by atoms with E-state index in [1.54, 1.807) is 6.20 Å². The van der Waals surface area contributed by atoms with Gasteiger partial charge in [-0.05, 0) is 49.3 Å². The number of nitrogens with one attached hydrogen (secondary N) is 1. The Morgan fingerprint density at radius 3 is 2.33 bits per heavy atom. The van der Waals surface area contributed by atoms with Crippen molar-refractivity contribution in [2.24, 2.45) is 17.8 Å². The molecule has 2 aromatic rings. The van der Waals surface area contributed by atoms with Crippen molar-refractivity contribution in [2.45, 2.75) is 45.1 Å². The molecule has 1 aromatic carbocycles. The molecule has 0 spiro atoms. The Morgan fingerprint density at radius 2 is 1.72 bits per heavy atom. The molecule has 5 rings (SSSR count). The van der Waals surface area contributed by atoms with E-state index >= 15 is 0 Å². The first-order valence-corrected chi connectivity index (χ1v) is 12.9. The second-order valence-electron chi connectivity index (χ2n) is 10.8. The highest BCUT2D eigenvalue weighted by Gasteiger charge is 2.49. The lowest BCUT2D eigenvalue weighted by atomic mass is 9.80. The third kappa shape index (κ3) is 5.14. The summed E-state index contributed by atoms with van der Waals surface area (Å²) in [5.41, 5.74) is 3.46. The fourth-order valence-corrected chi connectivity index (χ4v) is 6.07. The molecule has 3 atom stereocenters. The number of benzene rings is 1. The van der Waals surface area contributed by atoms with E-state index in [0.29, 0.717) is 11.8 Å². The number of aryl methyl sites for hydroxylation is 2. The van der Waals surface area contributed by atoms with Crippen molar-refractivity contribution >= 4 is 11.8 Å². The number of aromatic nitrogens is 1. The van der Waals surface area contributed by atoms with Gasteiger partial charge in [0.05, 0.1) is 17.3 Å². The fourth-order valence-electron chi connectivity index (χ4n) is 6.07. The molecule has 2 amide bonds. The summed E-state index contributed by atoms with van der Waals surface area (Å²) in [5, 5.41) is 3.04. The van der Waals surface area contributed by atoms with E-state index in [1.165, 1.54) is 0 Å². The normalized spacial score (nSPS) is 24.3. The fraction of sp³-hybridized carbons (Fsp3) is 0.536. The average molecular weight is 497 g/mol. The van der Waals surface area contributed by atoms with Crippen LogP contribution >= 0.6 is 0 Å². The first-order chi connectivity index (χ1) is 17.2. The molecule has 3 aliphatic rings. The molecule has 3 heterocycles. The van der Waals surface area contributed by atoms with Crippen LogP contribution in [0.4, 0.5) is 8.78 Å². The van der Waals surface area contributed by atoms with Crippen LogP contribution < -0.4 is 5.32 Å². The number of halogens is 2. The number of hydrogen-bond acceptors (Lipinski definition) is 4. The number of hydrogen-bond donors (Lipinski definition) is 1. The summed E-state index contributed by atoms with van der Waals surface area (Å²) in [7, 11) is 0. The summed E-state index contributed by atoms with van der Waals surface area (Å²) >= 11 is 0. The van der Waals surface area contributed by atoms with E-state index in [4.69, 9.17) is 0 Å². The van der Waals surface area contributed by atoms with E-state index in [2.05, 4.69) is 15.2 Å². The molecule has 2 unspecified atom stereocenters. The van der Waals surface area contributed by atoms with Gasteiger partial charge < -0.3 is 15.1 Å². The van der Waals surface area contributed by atoms with Crippen LogP contribution in [0.25, 0.3) is 0 Å². The molecule has 36 heavy (non-hydrogen) atoms. The van der Waals surface area contributed by atoms with Crippen LogP contribution in [0.5, 0.6) is 0 Å². The molecule has 0 radical (unpaired) electrons. The van der Waals surface area contributed by atoms with Gasteiger partial charge in [-0.3, -0.25) is 14.6 Å². The second-order valence-corrected chi connectivity index (χ2v) is 10.8. The highest BCUT2D eigenvalue weighted by molar-refractivity contribution is 5.96. The lowest BCUT2D eigenvalue weighted by molar-refractivity contribution is -0.150. The Balaban J connectivity index is 1.16. The van der Waals surface area contributed by atoms with E-state index in [1.807, 2.05) is 55.1 Å². The Bertz CT molecular complexity index is 1080. The maximum Gasteiger partial charge on any atom is 0.255 e. The maximum absolute atomic E-state index is 13.3. The van der Waals surface area contributed by atoms with E-state index in [9.17, 15) is 18.4 Å². The first kappa shape index (κ1) is 24.8. The zero-order valence-corrected chi connectivity index (χ0v) is 20.9. The number of pyridine rings is 1. The molecule has 2 saturated heterocycles. The smallest absolute Gasteiger partial charge is 0.255 e. The van der Waals surface area contributed by atoms with Gasteiger partial charge in [0.15, 0.2) is 0 Å². The minimum atomic E-state index is -2.71. The molecule has 3 fully saturated rings. The Morgan fingerprint density at radius 1 is 1.06 bits per heavy atom. The zero-order chi connectivity index (χ0) is 25.4. The van der Waals surface area contributed by atoms with Crippen molar-refractivity contribution in [3.63, 3.8) is 0 Å². The molecule has 1 aromatic heterocycles. The third-order valence-electron chi connectivity index (χ3n) is 8.13. The second kappa shape index (κ2) is 9.88. The van der Waals surface area contributed by atoms with Crippen molar-refractivity contribution in [3.8, 4) is 0 Å². The predicted molar refractivity (Wildman–Crippen MR) is 133 cm³/mol. The highest BCUT2D eigenvalue weighted by Crippen LogP contribution is 2.42. The van der Waals surface area contributed by atoms with Crippen molar-refractivity contribution < 1.29 is 18.4 Å². The Hall–Kier alpha value is -2.87. The van der Waals surface area contributed by atoms with Gasteiger partial charge in [-0.25, -0.2) is 8.78 Å². The molecular weight excluding hydrogens is 462 g/mol. The zero-order valence-electron chi connectivity index (χ0n) is 20.9. The van der Waals surface area contributed by atoms with Gasteiger partial charge >= 0.3 is 0 Å². The summed E-state index contributed by atoms with van der Waals surface area (Å²) in [5.74, 6) is -2.63. The molecule has 8 heteroatoms. The van der Waals surface area contributed by atoms with Crippen LogP contribution in [0.3, 0.4) is 0 Å². The molecule has 1 saturated carbocycles. The Kier molecular flexibility index (Phi) is 6.81. The largest absolute Gasteiger partial charge is 0.349 e. The number of nitrogens with zero attached hydrogens (tertiary/aromatic N) is 3. The molecule has 1 aliphatic carbocycles. The van der Waals surface area contributed by atoms with E-state index < -0.39 is 11.8 Å². The van der Waals surface area contributed by atoms with Gasteiger partial charge in [-0.15, -0.1) is 0 Å². The summed E-state index contributed by atoms with van der Waals surface area (Å²) in [6.07, 6.45) is 1.74. The van der Waals surface area contributed by atoms with Crippen molar-refractivity contribution in [1.29, 1.82) is 0 Å². The average Bonchev–Trinajstić information content (AvgIpc) is 3.39. The van der Waals surface area contributed by atoms with Gasteiger partial charge in [0.2, 0.25) is 11.8 Å². The van der Waals surface area contributed by atoms with Gasteiger partial charge in [-0.2, -0.15) is 0 Å². The molecule has 192 valence electrons. The quantitative estimate of drug-likeness (QED) is 0.630. The molecular formula is C28H34F2N4O2. The Labute approximate surface area is 211 Å². The predicted octanol–water partition coefficient (Wildman–Crippen LogP) is 4.00.